The summed E-state index contributed by atoms with van der Waals surface area (Å²) in [6.07, 6.45) is 4.00. The van der Waals surface area contributed by atoms with Crippen molar-refractivity contribution in [2.45, 2.75) is 39.5 Å². The first kappa shape index (κ1) is 14.2. The van der Waals surface area contributed by atoms with Crippen LogP contribution in [-0.4, -0.2) is 37.0 Å². The number of carbonyl (C=O) groups excluding carboxylic acids is 1. The molecule has 1 aliphatic rings. The molecule has 0 bridgehead atoms. The molecule has 0 aromatic rings. The molecule has 98 valence electrons. The molecule has 0 aliphatic carbocycles. The third kappa shape index (κ3) is 5.35. The summed E-state index contributed by atoms with van der Waals surface area (Å²) in [6.45, 7) is 11.9. The zero-order valence-electron chi connectivity index (χ0n) is 11.3. The first-order valence-electron chi connectivity index (χ1n) is 6.78. The van der Waals surface area contributed by atoms with E-state index in [1.807, 2.05) is 4.90 Å². The summed E-state index contributed by atoms with van der Waals surface area (Å²) < 4.78 is 0. The van der Waals surface area contributed by atoms with Crippen LogP contribution in [0.5, 0.6) is 0 Å². The van der Waals surface area contributed by atoms with Gasteiger partial charge >= 0.3 is 0 Å². The Kier molecular flexibility index (Phi) is 6.27. The SMILES string of the molecule is C=C(CNCCC)CN1CCC(C)CCC1=O. The standard InChI is InChI=1S/C14H26N2O/c1-4-8-15-10-13(3)11-16-9-7-12(2)5-6-14(16)17/h12,15H,3-11H2,1-2H3. The van der Waals surface area contributed by atoms with Crippen molar-refractivity contribution in [2.75, 3.05) is 26.2 Å². The fourth-order valence-electron chi connectivity index (χ4n) is 2.11. The summed E-state index contributed by atoms with van der Waals surface area (Å²) >= 11 is 0. The molecule has 1 heterocycles. The van der Waals surface area contributed by atoms with Crippen molar-refractivity contribution in [3.63, 3.8) is 0 Å². The molecule has 1 atom stereocenters. The molecule has 1 fully saturated rings. The fourth-order valence-corrected chi connectivity index (χ4v) is 2.11. The van der Waals surface area contributed by atoms with Crippen molar-refractivity contribution < 1.29 is 4.79 Å². The Morgan fingerprint density at radius 1 is 1.53 bits per heavy atom. The summed E-state index contributed by atoms with van der Waals surface area (Å²) in [4.78, 5) is 13.9. The van der Waals surface area contributed by atoms with Crippen molar-refractivity contribution in [1.29, 1.82) is 0 Å². The average Bonchev–Trinajstić information content (AvgIpc) is 2.45. The highest BCUT2D eigenvalue weighted by molar-refractivity contribution is 5.76. The van der Waals surface area contributed by atoms with E-state index >= 15 is 0 Å². The minimum atomic E-state index is 0.297. The molecule has 1 amide bonds. The van der Waals surface area contributed by atoms with Crippen LogP contribution in [0.25, 0.3) is 0 Å². The molecule has 1 unspecified atom stereocenters. The van der Waals surface area contributed by atoms with E-state index in [0.29, 0.717) is 18.2 Å². The number of hydrogen-bond donors (Lipinski definition) is 1. The largest absolute Gasteiger partial charge is 0.339 e. The van der Waals surface area contributed by atoms with Crippen LogP contribution in [-0.2, 0) is 4.79 Å². The lowest BCUT2D eigenvalue weighted by atomic mass is 10.0. The van der Waals surface area contributed by atoms with Crippen molar-refractivity contribution in [2.24, 2.45) is 5.92 Å². The zero-order valence-corrected chi connectivity index (χ0v) is 11.3. The van der Waals surface area contributed by atoms with Crippen molar-refractivity contribution >= 4 is 5.91 Å². The van der Waals surface area contributed by atoms with Gasteiger partial charge < -0.3 is 10.2 Å². The summed E-state index contributed by atoms with van der Waals surface area (Å²) in [5, 5.41) is 3.33. The Bertz CT molecular complexity index is 263. The number of nitrogens with one attached hydrogen (secondary N) is 1. The number of carbonyl (C=O) groups is 1. The number of likely N-dealkylation sites (tertiary alicyclic amines) is 1. The molecular formula is C14H26N2O. The highest BCUT2D eigenvalue weighted by Gasteiger charge is 2.20. The summed E-state index contributed by atoms with van der Waals surface area (Å²) in [5.41, 5.74) is 1.11. The molecule has 3 heteroatoms. The molecule has 0 aromatic carbocycles. The van der Waals surface area contributed by atoms with E-state index in [0.717, 1.165) is 51.0 Å². The van der Waals surface area contributed by atoms with Gasteiger partial charge in [-0.15, -0.1) is 0 Å². The second kappa shape index (κ2) is 7.49. The highest BCUT2D eigenvalue weighted by atomic mass is 16.2. The lowest BCUT2D eigenvalue weighted by molar-refractivity contribution is -0.130. The van der Waals surface area contributed by atoms with Gasteiger partial charge in [0, 0.05) is 26.1 Å². The number of amides is 1. The van der Waals surface area contributed by atoms with E-state index in [2.05, 4.69) is 25.7 Å². The van der Waals surface area contributed by atoms with Gasteiger partial charge in [-0.05, 0) is 37.3 Å². The van der Waals surface area contributed by atoms with Gasteiger partial charge in [-0.1, -0.05) is 20.4 Å². The molecule has 0 spiro atoms. The Hall–Kier alpha value is -0.830. The van der Waals surface area contributed by atoms with Gasteiger partial charge in [0.1, 0.15) is 0 Å². The second-order valence-corrected chi connectivity index (χ2v) is 5.17. The topological polar surface area (TPSA) is 32.3 Å². The van der Waals surface area contributed by atoms with Crippen molar-refractivity contribution in [1.82, 2.24) is 10.2 Å². The van der Waals surface area contributed by atoms with E-state index in [1.54, 1.807) is 0 Å². The normalized spacial score (nSPS) is 21.4. The number of rotatable bonds is 6. The maximum atomic E-state index is 11.9. The van der Waals surface area contributed by atoms with Gasteiger partial charge in [0.2, 0.25) is 5.91 Å². The Balaban J connectivity index is 2.33. The molecule has 17 heavy (non-hydrogen) atoms. The van der Waals surface area contributed by atoms with E-state index in [4.69, 9.17) is 0 Å². The molecule has 3 nitrogen and oxygen atoms in total. The van der Waals surface area contributed by atoms with E-state index in [9.17, 15) is 4.79 Å². The van der Waals surface area contributed by atoms with E-state index in [-0.39, 0.29) is 0 Å². The molecule has 1 aliphatic heterocycles. The van der Waals surface area contributed by atoms with Gasteiger partial charge in [-0.3, -0.25) is 4.79 Å². The molecule has 0 aromatic heterocycles. The maximum absolute atomic E-state index is 11.9. The molecular weight excluding hydrogens is 212 g/mol. The van der Waals surface area contributed by atoms with Crippen molar-refractivity contribution in [3.05, 3.63) is 12.2 Å². The smallest absolute Gasteiger partial charge is 0.222 e. The van der Waals surface area contributed by atoms with E-state index in [1.165, 1.54) is 0 Å². The van der Waals surface area contributed by atoms with Crippen LogP contribution in [0.15, 0.2) is 12.2 Å². The number of nitrogens with zero attached hydrogens (tertiary/aromatic N) is 1. The van der Waals surface area contributed by atoms with Crippen LogP contribution in [0.2, 0.25) is 0 Å². The average molecular weight is 238 g/mol. The molecule has 1 N–H and O–H groups in total. The quantitative estimate of drug-likeness (QED) is 0.568. The molecule has 0 radical (unpaired) electrons. The first-order chi connectivity index (χ1) is 8.13. The number of hydrogen-bond acceptors (Lipinski definition) is 2. The van der Waals surface area contributed by atoms with Gasteiger partial charge in [-0.2, -0.15) is 0 Å². The Morgan fingerprint density at radius 2 is 2.29 bits per heavy atom. The lowest BCUT2D eigenvalue weighted by Gasteiger charge is -2.22. The molecule has 1 saturated heterocycles. The van der Waals surface area contributed by atoms with Crippen LogP contribution < -0.4 is 5.32 Å². The predicted octanol–water partition coefficient (Wildman–Crippen LogP) is 2.19. The van der Waals surface area contributed by atoms with Crippen molar-refractivity contribution in [3.8, 4) is 0 Å². The Morgan fingerprint density at radius 3 is 3.00 bits per heavy atom. The van der Waals surface area contributed by atoms with Crippen LogP contribution in [0.4, 0.5) is 0 Å². The highest BCUT2D eigenvalue weighted by Crippen LogP contribution is 2.17. The summed E-state index contributed by atoms with van der Waals surface area (Å²) in [5.74, 6) is 0.974. The van der Waals surface area contributed by atoms with Gasteiger partial charge in [-0.25, -0.2) is 0 Å². The maximum Gasteiger partial charge on any atom is 0.222 e. The minimum absolute atomic E-state index is 0.297. The predicted molar refractivity (Wildman–Crippen MR) is 71.9 cm³/mol. The van der Waals surface area contributed by atoms with Crippen LogP contribution >= 0.6 is 0 Å². The lowest BCUT2D eigenvalue weighted by Crippen LogP contribution is -2.34. The van der Waals surface area contributed by atoms with Gasteiger partial charge in [0.15, 0.2) is 0 Å². The van der Waals surface area contributed by atoms with Gasteiger partial charge in [0.05, 0.1) is 0 Å². The monoisotopic (exact) mass is 238 g/mol. The fraction of sp³-hybridized carbons (Fsp3) is 0.786. The molecule has 1 rings (SSSR count). The summed E-state index contributed by atoms with van der Waals surface area (Å²) in [7, 11) is 0. The first-order valence-corrected chi connectivity index (χ1v) is 6.78. The van der Waals surface area contributed by atoms with Crippen LogP contribution in [0.3, 0.4) is 0 Å². The van der Waals surface area contributed by atoms with Crippen LogP contribution in [0, 0.1) is 5.92 Å². The minimum Gasteiger partial charge on any atom is -0.339 e. The summed E-state index contributed by atoms with van der Waals surface area (Å²) in [6, 6.07) is 0. The van der Waals surface area contributed by atoms with Crippen LogP contribution in [0.1, 0.15) is 39.5 Å². The van der Waals surface area contributed by atoms with E-state index < -0.39 is 0 Å². The second-order valence-electron chi connectivity index (χ2n) is 5.17. The van der Waals surface area contributed by atoms with Gasteiger partial charge in [0.25, 0.3) is 0 Å². The third-order valence-corrected chi connectivity index (χ3v) is 3.31. The molecule has 0 saturated carbocycles. The third-order valence-electron chi connectivity index (χ3n) is 3.31. The zero-order chi connectivity index (χ0) is 12.7. The Labute approximate surface area is 105 Å².